The molecule has 2 atom stereocenters. The average molecular weight is 475 g/mol. The Labute approximate surface area is 205 Å². The number of ether oxygens (including phenoxy) is 2. The molecular formula is C28H30N2O5. The van der Waals surface area contributed by atoms with Crippen LogP contribution in [0, 0.1) is 0 Å². The number of aliphatic hydroxyl groups is 1. The zero-order valence-electron chi connectivity index (χ0n) is 19.8. The molecule has 3 aromatic carbocycles. The number of nitrogens with two attached hydrogens (primary N) is 1. The van der Waals surface area contributed by atoms with Crippen molar-refractivity contribution in [3.63, 3.8) is 0 Å². The van der Waals surface area contributed by atoms with Crippen LogP contribution in [0.4, 0.5) is 0 Å². The van der Waals surface area contributed by atoms with Gasteiger partial charge in [-0.3, -0.25) is 14.5 Å². The van der Waals surface area contributed by atoms with E-state index in [-0.39, 0.29) is 12.8 Å². The normalized spacial score (nSPS) is 16.4. The van der Waals surface area contributed by atoms with E-state index >= 15 is 0 Å². The lowest BCUT2D eigenvalue weighted by Crippen LogP contribution is -2.69. The first-order valence-corrected chi connectivity index (χ1v) is 11.5. The second-order valence-electron chi connectivity index (χ2n) is 8.52. The van der Waals surface area contributed by atoms with E-state index in [1.165, 1.54) is 14.2 Å². The number of imide groups is 1. The Kier molecular flexibility index (Phi) is 7.14. The van der Waals surface area contributed by atoms with Gasteiger partial charge in [0, 0.05) is 27.1 Å². The quantitative estimate of drug-likeness (QED) is 0.281. The number of amides is 2. The van der Waals surface area contributed by atoms with Crippen LogP contribution < -0.4 is 5.73 Å². The summed E-state index contributed by atoms with van der Waals surface area (Å²) in [6.45, 7) is 0. The number of aliphatic hydroxyl groups excluding tert-OH is 1. The third kappa shape index (κ3) is 3.86. The molecule has 3 aromatic rings. The molecule has 0 spiro atoms. The summed E-state index contributed by atoms with van der Waals surface area (Å²) < 4.78 is 12.3. The molecule has 0 aliphatic carbocycles. The molecule has 4 rings (SSSR count). The van der Waals surface area contributed by atoms with E-state index in [2.05, 4.69) is 0 Å². The molecule has 7 nitrogen and oxygen atoms in total. The van der Waals surface area contributed by atoms with Gasteiger partial charge in [-0.05, 0) is 16.7 Å². The number of benzene rings is 3. The summed E-state index contributed by atoms with van der Waals surface area (Å²) in [5, 5.41) is 11.9. The molecule has 2 unspecified atom stereocenters. The number of likely N-dealkylation sites (tertiary alicyclic amines) is 1. The molecule has 35 heavy (non-hydrogen) atoms. The molecule has 1 fully saturated rings. The van der Waals surface area contributed by atoms with Gasteiger partial charge in [0.1, 0.15) is 17.7 Å². The third-order valence-electron chi connectivity index (χ3n) is 6.85. The first-order valence-electron chi connectivity index (χ1n) is 11.5. The van der Waals surface area contributed by atoms with Gasteiger partial charge in [-0.1, -0.05) is 91.0 Å². The van der Waals surface area contributed by atoms with Crippen molar-refractivity contribution in [3.8, 4) is 0 Å². The topological polar surface area (TPSA) is 102 Å². The molecule has 2 amide bonds. The summed E-state index contributed by atoms with van der Waals surface area (Å²) in [7, 11) is 2.85. The van der Waals surface area contributed by atoms with E-state index < -0.39 is 35.3 Å². The van der Waals surface area contributed by atoms with Gasteiger partial charge in [0.25, 0.3) is 0 Å². The Morgan fingerprint density at radius 3 is 1.40 bits per heavy atom. The molecule has 0 bridgehead atoms. The highest BCUT2D eigenvalue weighted by molar-refractivity contribution is 6.02. The standard InChI is InChI=1S/C28H30N2O5/c1-34-28(35-2,25(33)26(29)30-23(31)18-19-24(30)32)27(20-12-6-3-7-13-20,21-14-8-4-9-15-21)22-16-10-5-11-17-22/h3-17,25-26,33H,18-19,29H2,1-2H3. The Morgan fingerprint density at radius 1 is 0.743 bits per heavy atom. The summed E-state index contributed by atoms with van der Waals surface area (Å²) >= 11 is 0. The van der Waals surface area contributed by atoms with Gasteiger partial charge in [-0.25, -0.2) is 0 Å². The highest BCUT2D eigenvalue weighted by atomic mass is 16.7. The fraction of sp³-hybridized carbons (Fsp3) is 0.286. The van der Waals surface area contributed by atoms with Crippen LogP contribution in [0.1, 0.15) is 29.5 Å². The highest BCUT2D eigenvalue weighted by Crippen LogP contribution is 2.51. The number of carbonyl (C=O) groups is 2. The summed E-state index contributed by atoms with van der Waals surface area (Å²) in [5.41, 5.74) is 7.51. The molecule has 1 saturated heterocycles. The molecule has 1 heterocycles. The summed E-state index contributed by atoms with van der Waals surface area (Å²) in [4.78, 5) is 26.0. The fourth-order valence-corrected chi connectivity index (χ4v) is 5.31. The minimum Gasteiger partial charge on any atom is -0.384 e. The smallest absolute Gasteiger partial charge is 0.231 e. The van der Waals surface area contributed by atoms with Gasteiger partial charge in [0.05, 0.1) is 0 Å². The largest absolute Gasteiger partial charge is 0.384 e. The summed E-state index contributed by atoms with van der Waals surface area (Å²) in [6, 6.07) is 28.6. The number of carbonyl (C=O) groups excluding carboxylic acids is 2. The lowest BCUT2D eigenvalue weighted by Gasteiger charge is -2.53. The van der Waals surface area contributed by atoms with Gasteiger partial charge >= 0.3 is 0 Å². The Balaban J connectivity index is 2.06. The monoisotopic (exact) mass is 474 g/mol. The van der Waals surface area contributed by atoms with E-state index in [0.717, 1.165) is 21.6 Å². The van der Waals surface area contributed by atoms with Crippen molar-refractivity contribution >= 4 is 11.8 Å². The zero-order chi connectivity index (χ0) is 25.1. The second kappa shape index (κ2) is 10.1. The maximum absolute atomic E-state index is 12.5. The van der Waals surface area contributed by atoms with E-state index in [4.69, 9.17) is 15.2 Å². The van der Waals surface area contributed by atoms with Crippen molar-refractivity contribution in [2.75, 3.05) is 14.2 Å². The second-order valence-corrected chi connectivity index (χ2v) is 8.52. The number of hydrogen-bond donors (Lipinski definition) is 2. The predicted octanol–water partition coefficient (Wildman–Crippen LogP) is 2.80. The van der Waals surface area contributed by atoms with Crippen LogP contribution in [0.15, 0.2) is 91.0 Å². The van der Waals surface area contributed by atoms with Crippen molar-refractivity contribution in [1.29, 1.82) is 0 Å². The number of methoxy groups -OCH3 is 2. The van der Waals surface area contributed by atoms with Crippen molar-refractivity contribution in [2.24, 2.45) is 5.73 Å². The molecule has 1 aliphatic heterocycles. The van der Waals surface area contributed by atoms with Crippen molar-refractivity contribution in [3.05, 3.63) is 108 Å². The average Bonchev–Trinajstić information content (AvgIpc) is 3.25. The minimum atomic E-state index is -1.85. The van der Waals surface area contributed by atoms with Gasteiger partial charge in [0.15, 0.2) is 0 Å². The molecule has 1 aliphatic rings. The van der Waals surface area contributed by atoms with Crippen LogP contribution in [-0.4, -0.2) is 54.1 Å². The van der Waals surface area contributed by atoms with E-state index in [1.54, 1.807) is 0 Å². The Bertz CT molecular complexity index is 1040. The SMILES string of the molecule is COC(OC)(C(O)C(N)N1C(=O)CCC1=O)C(c1ccccc1)(c1ccccc1)c1ccccc1. The summed E-state index contributed by atoms with van der Waals surface area (Å²) in [6.07, 6.45) is -2.92. The van der Waals surface area contributed by atoms with E-state index in [9.17, 15) is 14.7 Å². The molecule has 7 heteroatoms. The van der Waals surface area contributed by atoms with Crippen LogP contribution in [-0.2, 0) is 24.5 Å². The van der Waals surface area contributed by atoms with Crippen LogP contribution in [0.2, 0.25) is 0 Å². The maximum atomic E-state index is 12.5. The lowest BCUT2D eigenvalue weighted by atomic mass is 9.61. The molecule has 0 aromatic heterocycles. The summed E-state index contributed by atoms with van der Waals surface area (Å²) in [5.74, 6) is -2.72. The molecular weight excluding hydrogens is 444 g/mol. The van der Waals surface area contributed by atoms with Gasteiger partial charge < -0.3 is 20.3 Å². The molecule has 0 saturated carbocycles. The first-order chi connectivity index (χ1) is 16.9. The molecule has 0 radical (unpaired) electrons. The van der Waals surface area contributed by atoms with Crippen LogP contribution >= 0.6 is 0 Å². The Hall–Kier alpha value is -3.36. The fourth-order valence-electron chi connectivity index (χ4n) is 5.31. The minimum absolute atomic E-state index is 0.0490. The van der Waals surface area contributed by atoms with Crippen molar-refractivity contribution < 1.29 is 24.2 Å². The lowest BCUT2D eigenvalue weighted by molar-refractivity contribution is -0.292. The zero-order valence-corrected chi connectivity index (χ0v) is 19.8. The number of rotatable bonds is 9. The van der Waals surface area contributed by atoms with E-state index in [0.29, 0.717) is 0 Å². The van der Waals surface area contributed by atoms with Gasteiger partial charge in [-0.15, -0.1) is 0 Å². The Morgan fingerprint density at radius 2 is 1.09 bits per heavy atom. The third-order valence-corrected chi connectivity index (χ3v) is 6.85. The predicted molar refractivity (Wildman–Crippen MR) is 131 cm³/mol. The first kappa shape index (κ1) is 24.8. The van der Waals surface area contributed by atoms with Crippen molar-refractivity contribution in [1.82, 2.24) is 4.90 Å². The highest BCUT2D eigenvalue weighted by Gasteiger charge is 2.62. The van der Waals surface area contributed by atoms with Gasteiger partial charge in [-0.2, -0.15) is 0 Å². The van der Waals surface area contributed by atoms with Gasteiger partial charge in [0.2, 0.25) is 17.6 Å². The molecule has 3 N–H and O–H groups in total. The number of nitrogens with zero attached hydrogens (tertiary/aromatic N) is 1. The van der Waals surface area contributed by atoms with Crippen molar-refractivity contribution in [2.45, 2.75) is 36.3 Å². The van der Waals surface area contributed by atoms with E-state index in [1.807, 2.05) is 91.0 Å². The molecule has 182 valence electrons. The van der Waals surface area contributed by atoms with Crippen LogP contribution in [0.3, 0.4) is 0 Å². The maximum Gasteiger partial charge on any atom is 0.231 e. The van der Waals surface area contributed by atoms with Crippen LogP contribution in [0.5, 0.6) is 0 Å². The number of hydrogen-bond acceptors (Lipinski definition) is 6. The van der Waals surface area contributed by atoms with Crippen LogP contribution in [0.25, 0.3) is 0 Å².